The maximum atomic E-state index is 13.1. The molecule has 1 saturated heterocycles. The van der Waals surface area contributed by atoms with E-state index in [9.17, 15) is 13.6 Å². The quantitative estimate of drug-likeness (QED) is 0.842. The van der Waals surface area contributed by atoms with Gasteiger partial charge in [-0.2, -0.15) is 0 Å². The largest absolute Gasteiger partial charge is 0.480 e. The summed E-state index contributed by atoms with van der Waals surface area (Å²) in [7, 11) is 0. The summed E-state index contributed by atoms with van der Waals surface area (Å²) in [6, 6.07) is 2.74. The topological polar surface area (TPSA) is 58.6 Å². The highest BCUT2D eigenvalue weighted by Gasteiger charge is 2.33. The van der Waals surface area contributed by atoms with Crippen molar-refractivity contribution in [1.82, 2.24) is 5.32 Å². The second kappa shape index (κ2) is 4.99. The van der Waals surface area contributed by atoms with Gasteiger partial charge in [-0.1, -0.05) is 6.07 Å². The van der Waals surface area contributed by atoms with Crippen molar-refractivity contribution < 1.29 is 23.4 Å². The van der Waals surface area contributed by atoms with E-state index >= 15 is 0 Å². The molecule has 0 spiro atoms. The van der Waals surface area contributed by atoms with Crippen molar-refractivity contribution in [1.29, 1.82) is 0 Å². The van der Waals surface area contributed by atoms with Gasteiger partial charge in [-0.3, -0.25) is 10.1 Å². The summed E-state index contributed by atoms with van der Waals surface area (Å²) in [5, 5.41) is 11.7. The van der Waals surface area contributed by atoms with E-state index in [2.05, 4.69) is 5.32 Å². The second-order valence-corrected chi connectivity index (χ2v) is 4.23. The van der Waals surface area contributed by atoms with Gasteiger partial charge >= 0.3 is 5.97 Å². The standard InChI is InChI=1S/C12H13F2NO3/c1-6-11(12(16)17)15-5-10(18-6)7-2-3-8(13)9(14)4-7/h2-4,6,10-11,15H,5H2,1H3,(H,16,17). The third-order valence-corrected chi connectivity index (χ3v) is 2.95. The molecular weight excluding hydrogens is 244 g/mol. The lowest BCUT2D eigenvalue weighted by Crippen LogP contribution is -2.52. The van der Waals surface area contributed by atoms with Crippen LogP contribution in [0.4, 0.5) is 8.78 Å². The molecule has 0 radical (unpaired) electrons. The van der Waals surface area contributed by atoms with Crippen LogP contribution in [0.3, 0.4) is 0 Å². The minimum absolute atomic E-state index is 0.242. The molecule has 0 saturated carbocycles. The second-order valence-electron chi connectivity index (χ2n) is 4.23. The van der Waals surface area contributed by atoms with Crippen LogP contribution < -0.4 is 5.32 Å². The van der Waals surface area contributed by atoms with Crippen molar-refractivity contribution in [3.8, 4) is 0 Å². The lowest BCUT2D eigenvalue weighted by Gasteiger charge is -2.33. The fourth-order valence-corrected chi connectivity index (χ4v) is 1.98. The number of nitrogens with one attached hydrogen (secondary N) is 1. The summed E-state index contributed by atoms with van der Waals surface area (Å²) >= 11 is 0. The van der Waals surface area contributed by atoms with Crippen LogP contribution in [0.2, 0.25) is 0 Å². The van der Waals surface area contributed by atoms with Crippen molar-refractivity contribution in [3.63, 3.8) is 0 Å². The molecule has 1 aromatic carbocycles. The highest BCUT2D eigenvalue weighted by Crippen LogP contribution is 2.24. The average molecular weight is 257 g/mol. The fourth-order valence-electron chi connectivity index (χ4n) is 1.98. The molecule has 0 amide bonds. The maximum absolute atomic E-state index is 13.1. The highest BCUT2D eigenvalue weighted by molar-refractivity contribution is 5.74. The van der Waals surface area contributed by atoms with Crippen molar-refractivity contribution in [2.45, 2.75) is 25.2 Å². The smallest absolute Gasteiger partial charge is 0.323 e. The number of ether oxygens (including phenoxy) is 1. The first-order valence-electron chi connectivity index (χ1n) is 5.55. The molecule has 2 rings (SSSR count). The molecule has 18 heavy (non-hydrogen) atoms. The third kappa shape index (κ3) is 2.49. The number of carboxylic acids is 1. The maximum Gasteiger partial charge on any atom is 0.323 e. The first-order chi connectivity index (χ1) is 8.49. The zero-order valence-corrected chi connectivity index (χ0v) is 9.69. The van der Waals surface area contributed by atoms with Gasteiger partial charge in [-0.25, -0.2) is 8.78 Å². The molecule has 98 valence electrons. The Hall–Kier alpha value is -1.53. The number of carbonyl (C=O) groups is 1. The molecule has 6 heteroatoms. The number of benzene rings is 1. The Morgan fingerprint density at radius 2 is 2.17 bits per heavy atom. The average Bonchev–Trinajstić information content (AvgIpc) is 2.32. The molecule has 1 fully saturated rings. The van der Waals surface area contributed by atoms with Crippen LogP contribution in [-0.2, 0) is 9.53 Å². The molecular formula is C12H13F2NO3. The van der Waals surface area contributed by atoms with E-state index in [0.717, 1.165) is 12.1 Å². The molecule has 4 nitrogen and oxygen atoms in total. The Morgan fingerprint density at radius 1 is 1.44 bits per heavy atom. The van der Waals surface area contributed by atoms with E-state index in [-0.39, 0.29) is 6.54 Å². The SMILES string of the molecule is CC1OC(c2ccc(F)c(F)c2)CNC1C(=O)O. The summed E-state index contributed by atoms with van der Waals surface area (Å²) in [4.78, 5) is 10.9. The predicted molar refractivity (Wildman–Crippen MR) is 59.1 cm³/mol. The molecule has 0 aromatic heterocycles. The van der Waals surface area contributed by atoms with Gasteiger partial charge in [0.25, 0.3) is 0 Å². The number of hydrogen-bond acceptors (Lipinski definition) is 3. The van der Waals surface area contributed by atoms with Gasteiger partial charge in [0.05, 0.1) is 12.2 Å². The fraction of sp³-hybridized carbons (Fsp3) is 0.417. The predicted octanol–water partition coefficient (Wildman–Crippen LogP) is 1.47. The minimum Gasteiger partial charge on any atom is -0.480 e. The Morgan fingerprint density at radius 3 is 2.72 bits per heavy atom. The van der Waals surface area contributed by atoms with Crippen LogP contribution in [0.15, 0.2) is 18.2 Å². The van der Waals surface area contributed by atoms with Crippen molar-refractivity contribution in [3.05, 3.63) is 35.4 Å². The summed E-state index contributed by atoms with van der Waals surface area (Å²) in [5.74, 6) is -2.85. The van der Waals surface area contributed by atoms with E-state index in [1.54, 1.807) is 6.92 Å². The van der Waals surface area contributed by atoms with Crippen molar-refractivity contribution >= 4 is 5.97 Å². The van der Waals surface area contributed by atoms with Gasteiger partial charge in [-0.15, -0.1) is 0 Å². The van der Waals surface area contributed by atoms with Crippen LogP contribution in [-0.4, -0.2) is 29.8 Å². The minimum atomic E-state index is -0.994. The van der Waals surface area contributed by atoms with Crippen LogP contribution in [0.25, 0.3) is 0 Å². The Bertz CT molecular complexity index is 467. The van der Waals surface area contributed by atoms with Gasteiger partial charge in [0, 0.05) is 6.54 Å². The van der Waals surface area contributed by atoms with E-state index in [0.29, 0.717) is 5.56 Å². The lowest BCUT2D eigenvalue weighted by molar-refractivity contribution is -0.149. The summed E-state index contributed by atoms with van der Waals surface area (Å²) in [6.45, 7) is 1.87. The van der Waals surface area contributed by atoms with E-state index < -0.39 is 35.9 Å². The first-order valence-corrected chi connectivity index (χ1v) is 5.55. The van der Waals surface area contributed by atoms with Gasteiger partial charge in [0.2, 0.25) is 0 Å². The molecule has 1 aliphatic heterocycles. The highest BCUT2D eigenvalue weighted by atomic mass is 19.2. The Balaban J connectivity index is 2.12. The zero-order valence-electron chi connectivity index (χ0n) is 9.69. The van der Waals surface area contributed by atoms with Gasteiger partial charge in [0.15, 0.2) is 11.6 Å². The van der Waals surface area contributed by atoms with E-state index in [4.69, 9.17) is 9.84 Å². The van der Waals surface area contributed by atoms with Crippen LogP contribution in [0.5, 0.6) is 0 Å². The Labute approximate surface area is 103 Å². The zero-order chi connectivity index (χ0) is 13.3. The lowest BCUT2D eigenvalue weighted by atomic mass is 10.0. The van der Waals surface area contributed by atoms with E-state index in [1.165, 1.54) is 6.07 Å². The summed E-state index contributed by atoms with van der Waals surface area (Å²) in [5.41, 5.74) is 0.483. The van der Waals surface area contributed by atoms with Crippen molar-refractivity contribution in [2.24, 2.45) is 0 Å². The monoisotopic (exact) mass is 257 g/mol. The van der Waals surface area contributed by atoms with Gasteiger partial charge < -0.3 is 9.84 Å². The number of rotatable bonds is 2. The number of morpholine rings is 1. The summed E-state index contributed by atoms with van der Waals surface area (Å²) in [6.07, 6.45) is -1.03. The van der Waals surface area contributed by atoms with Gasteiger partial charge in [0.1, 0.15) is 6.04 Å². The van der Waals surface area contributed by atoms with Crippen LogP contribution in [0, 0.1) is 11.6 Å². The summed E-state index contributed by atoms with van der Waals surface area (Å²) < 4.78 is 31.4. The molecule has 1 heterocycles. The normalized spacial score (nSPS) is 28.1. The molecule has 1 aromatic rings. The van der Waals surface area contributed by atoms with Crippen LogP contribution >= 0.6 is 0 Å². The number of halogens is 2. The molecule has 1 aliphatic rings. The molecule has 3 unspecified atom stereocenters. The molecule has 2 N–H and O–H groups in total. The first kappa shape index (κ1) is 12.9. The number of carboxylic acid groups (broad SMARTS) is 1. The Kier molecular flexibility index (Phi) is 3.58. The number of hydrogen-bond donors (Lipinski definition) is 2. The van der Waals surface area contributed by atoms with E-state index in [1.807, 2.05) is 0 Å². The molecule has 3 atom stereocenters. The molecule has 0 aliphatic carbocycles. The number of aliphatic carboxylic acids is 1. The van der Waals surface area contributed by atoms with Gasteiger partial charge in [-0.05, 0) is 24.6 Å². The van der Waals surface area contributed by atoms with Crippen LogP contribution in [0.1, 0.15) is 18.6 Å². The molecule has 0 bridgehead atoms. The third-order valence-electron chi connectivity index (χ3n) is 2.95. The van der Waals surface area contributed by atoms with Crippen molar-refractivity contribution in [2.75, 3.05) is 6.54 Å².